The number of thiazole rings is 1. The molecule has 170 valence electrons. The first-order valence-electron chi connectivity index (χ1n) is 10.8. The number of nitrogens with one attached hydrogen (secondary N) is 1. The number of aryl methyl sites for hydroxylation is 3. The highest BCUT2D eigenvalue weighted by molar-refractivity contribution is 7.14. The van der Waals surface area contributed by atoms with Crippen LogP contribution in [0.1, 0.15) is 52.8 Å². The maximum Gasteiger partial charge on any atom is 0.271 e. The lowest BCUT2D eigenvalue weighted by Crippen LogP contribution is -2.15. The molecular formula is C24H26N6O2S. The van der Waals surface area contributed by atoms with Gasteiger partial charge in [-0.1, -0.05) is 37.6 Å². The lowest BCUT2D eigenvalue weighted by Gasteiger charge is -2.11. The van der Waals surface area contributed by atoms with Gasteiger partial charge < -0.3 is 11.1 Å². The summed E-state index contributed by atoms with van der Waals surface area (Å²) >= 11 is 1.41. The van der Waals surface area contributed by atoms with E-state index in [1.807, 2.05) is 19.2 Å². The van der Waals surface area contributed by atoms with Gasteiger partial charge in [-0.2, -0.15) is 0 Å². The van der Waals surface area contributed by atoms with Crippen molar-refractivity contribution in [2.24, 2.45) is 5.73 Å². The zero-order chi connectivity index (χ0) is 23.5. The van der Waals surface area contributed by atoms with Gasteiger partial charge in [0.2, 0.25) is 5.91 Å². The van der Waals surface area contributed by atoms with Crippen LogP contribution in [0.2, 0.25) is 0 Å². The Morgan fingerprint density at radius 2 is 1.88 bits per heavy atom. The molecule has 0 aliphatic heterocycles. The van der Waals surface area contributed by atoms with E-state index in [9.17, 15) is 9.59 Å². The highest BCUT2D eigenvalue weighted by Crippen LogP contribution is 2.26. The SMILES string of the molecule is CCCc1ccc(-c2csc(NC(=O)CCc3c(C)nc4c(C(N)=O)ncn4c3C)n2)cc1. The number of imidazole rings is 1. The van der Waals surface area contributed by atoms with Gasteiger partial charge in [-0.15, -0.1) is 11.3 Å². The van der Waals surface area contributed by atoms with Crippen LogP contribution in [0.25, 0.3) is 16.9 Å². The summed E-state index contributed by atoms with van der Waals surface area (Å²) in [4.78, 5) is 37.3. The molecule has 3 N–H and O–H groups in total. The molecule has 0 atom stereocenters. The van der Waals surface area contributed by atoms with E-state index < -0.39 is 5.91 Å². The van der Waals surface area contributed by atoms with Crippen molar-refractivity contribution in [3.63, 3.8) is 0 Å². The van der Waals surface area contributed by atoms with E-state index in [-0.39, 0.29) is 18.0 Å². The summed E-state index contributed by atoms with van der Waals surface area (Å²) in [6.07, 6.45) is 4.51. The number of primary amides is 1. The van der Waals surface area contributed by atoms with E-state index in [4.69, 9.17) is 5.73 Å². The molecule has 3 aromatic heterocycles. The number of nitrogens with two attached hydrogens (primary N) is 1. The monoisotopic (exact) mass is 462 g/mol. The third-order valence-corrected chi connectivity index (χ3v) is 6.38. The number of benzene rings is 1. The van der Waals surface area contributed by atoms with Gasteiger partial charge in [0.05, 0.1) is 5.69 Å². The van der Waals surface area contributed by atoms with Crippen LogP contribution in [-0.2, 0) is 17.6 Å². The minimum atomic E-state index is -0.615. The molecule has 0 aliphatic carbocycles. The number of anilines is 1. The molecule has 33 heavy (non-hydrogen) atoms. The van der Waals surface area contributed by atoms with Crippen LogP contribution in [0, 0.1) is 13.8 Å². The number of carbonyl (C=O) groups excluding carboxylic acids is 2. The second-order valence-electron chi connectivity index (χ2n) is 7.95. The lowest BCUT2D eigenvalue weighted by molar-refractivity contribution is -0.116. The number of hydrogen-bond donors (Lipinski definition) is 2. The number of carbonyl (C=O) groups is 2. The van der Waals surface area contributed by atoms with Gasteiger partial charge in [0.15, 0.2) is 16.5 Å². The third kappa shape index (κ3) is 4.78. The van der Waals surface area contributed by atoms with Crippen LogP contribution in [0.15, 0.2) is 36.0 Å². The van der Waals surface area contributed by atoms with Crippen molar-refractivity contribution >= 4 is 33.9 Å². The Kier molecular flexibility index (Phi) is 6.50. The number of rotatable bonds is 8. The highest BCUT2D eigenvalue weighted by atomic mass is 32.1. The fourth-order valence-electron chi connectivity index (χ4n) is 3.88. The number of fused-ring (bicyclic) bond motifs is 1. The zero-order valence-electron chi connectivity index (χ0n) is 18.9. The number of nitrogens with zero attached hydrogens (tertiary/aromatic N) is 4. The molecule has 9 heteroatoms. The summed E-state index contributed by atoms with van der Waals surface area (Å²) in [6.45, 7) is 5.94. The average molecular weight is 463 g/mol. The van der Waals surface area contributed by atoms with Crippen molar-refractivity contribution in [2.75, 3.05) is 5.32 Å². The molecule has 2 amide bonds. The maximum absolute atomic E-state index is 12.6. The van der Waals surface area contributed by atoms with Crippen LogP contribution in [0.3, 0.4) is 0 Å². The van der Waals surface area contributed by atoms with Crippen molar-refractivity contribution < 1.29 is 9.59 Å². The topological polar surface area (TPSA) is 115 Å². The van der Waals surface area contributed by atoms with E-state index in [0.717, 1.165) is 41.1 Å². The smallest absolute Gasteiger partial charge is 0.271 e. The van der Waals surface area contributed by atoms with Crippen LogP contribution in [0.5, 0.6) is 0 Å². The minimum Gasteiger partial charge on any atom is -0.364 e. The molecule has 0 fully saturated rings. The van der Waals surface area contributed by atoms with Crippen molar-refractivity contribution in [3.05, 3.63) is 64.2 Å². The fourth-order valence-corrected chi connectivity index (χ4v) is 4.61. The normalized spacial score (nSPS) is 11.1. The molecule has 4 aromatic rings. The quantitative estimate of drug-likeness (QED) is 0.409. The number of hydrogen-bond acceptors (Lipinski definition) is 6. The first kappa shape index (κ1) is 22.6. The summed E-state index contributed by atoms with van der Waals surface area (Å²) in [5, 5.41) is 5.43. The third-order valence-electron chi connectivity index (χ3n) is 5.63. The first-order valence-corrected chi connectivity index (χ1v) is 11.7. The standard InChI is InChI=1S/C24H26N6O2S/c1-4-5-16-6-8-17(9-7-16)19-12-33-24(28-19)29-20(31)11-10-18-14(2)27-23-21(22(25)32)26-13-30(23)15(18)3/h6-9,12-13H,4-5,10-11H2,1-3H3,(H2,25,32)(H,28,29,31). The van der Waals surface area contributed by atoms with Crippen molar-refractivity contribution in [3.8, 4) is 11.3 Å². The molecule has 4 rings (SSSR count). The molecule has 0 radical (unpaired) electrons. The predicted octanol–water partition coefficient (Wildman–Crippen LogP) is 4.09. The fraction of sp³-hybridized carbons (Fsp3) is 0.292. The second-order valence-corrected chi connectivity index (χ2v) is 8.80. The van der Waals surface area contributed by atoms with Gasteiger partial charge in [-0.3, -0.25) is 14.0 Å². The van der Waals surface area contributed by atoms with E-state index in [1.54, 1.807) is 4.40 Å². The Hall–Kier alpha value is -3.59. The largest absolute Gasteiger partial charge is 0.364 e. The summed E-state index contributed by atoms with van der Waals surface area (Å²) in [6, 6.07) is 8.39. The lowest BCUT2D eigenvalue weighted by atomic mass is 10.1. The first-order chi connectivity index (χ1) is 15.9. The van der Waals surface area contributed by atoms with Crippen molar-refractivity contribution in [1.82, 2.24) is 19.4 Å². The molecule has 0 spiro atoms. The van der Waals surface area contributed by atoms with E-state index in [2.05, 4.69) is 51.5 Å². The van der Waals surface area contributed by atoms with Crippen LogP contribution < -0.4 is 11.1 Å². The Bertz CT molecular complexity index is 1320. The molecule has 8 nitrogen and oxygen atoms in total. The molecule has 0 saturated heterocycles. The van der Waals surface area contributed by atoms with Gasteiger partial charge >= 0.3 is 0 Å². The van der Waals surface area contributed by atoms with E-state index in [0.29, 0.717) is 17.2 Å². The zero-order valence-corrected chi connectivity index (χ0v) is 19.7. The molecule has 0 saturated carbocycles. The second kappa shape index (κ2) is 9.50. The van der Waals surface area contributed by atoms with E-state index in [1.165, 1.54) is 23.2 Å². The highest BCUT2D eigenvalue weighted by Gasteiger charge is 2.17. The van der Waals surface area contributed by atoms with Crippen LogP contribution >= 0.6 is 11.3 Å². The molecule has 0 bridgehead atoms. The Labute approximate surface area is 195 Å². The van der Waals surface area contributed by atoms with Gasteiger partial charge in [-0.05, 0) is 37.8 Å². The van der Waals surface area contributed by atoms with E-state index >= 15 is 0 Å². The Morgan fingerprint density at radius 1 is 1.12 bits per heavy atom. The molecule has 3 heterocycles. The molecule has 1 aromatic carbocycles. The minimum absolute atomic E-state index is 0.114. The summed E-state index contributed by atoms with van der Waals surface area (Å²) in [7, 11) is 0. The van der Waals surface area contributed by atoms with Crippen LogP contribution in [-0.4, -0.2) is 31.2 Å². The van der Waals surface area contributed by atoms with Gasteiger partial charge in [0, 0.05) is 28.8 Å². The number of aromatic nitrogens is 4. The Balaban J connectivity index is 1.42. The number of amides is 2. The summed E-state index contributed by atoms with van der Waals surface area (Å²) in [5.74, 6) is -0.729. The predicted molar refractivity (Wildman–Crippen MR) is 129 cm³/mol. The average Bonchev–Trinajstić information content (AvgIpc) is 3.41. The van der Waals surface area contributed by atoms with Crippen LogP contribution in [0.4, 0.5) is 5.13 Å². The van der Waals surface area contributed by atoms with Crippen molar-refractivity contribution in [1.29, 1.82) is 0 Å². The van der Waals surface area contributed by atoms with Crippen molar-refractivity contribution in [2.45, 2.75) is 46.5 Å². The summed E-state index contributed by atoms with van der Waals surface area (Å²) < 4.78 is 1.74. The van der Waals surface area contributed by atoms with Gasteiger partial charge in [-0.25, -0.2) is 15.0 Å². The summed E-state index contributed by atoms with van der Waals surface area (Å²) in [5.41, 5.74) is 11.7. The van der Waals surface area contributed by atoms with Gasteiger partial charge in [0.25, 0.3) is 5.91 Å². The Morgan fingerprint density at radius 3 is 2.58 bits per heavy atom. The molecular weight excluding hydrogens is 436 g/mol. The molecule has 0 unspecified atom stereocenters. The maximum atomic E-state index is 12.6. The van der Waals surface area contributed by atoms with Gasteiger partial charge in [0.1, 0.15) is 6.33 Å². The molecule has 0 aliphatic rings.